The van der Waals surface area contributed by atoms with Crippen LogP contribution >= 0.6 is 15.9 Å². The molecule has 1 aromatic carbocycles. The minimum Gasteiger partial charge on any atom is -0.379 e. The predicted molar refractivity (Wildman–Crippen MR) is 103 cm³/mol. The molecule has 1 saturated heterocycles. The maximum Gasteiger partial charge on any atom is 0.259 e. The van der Waals surface area contributed by atoms with Crippen LogP contribution in [0.25, 0.3) is 0 Å². The van der Waals surface area contributed by atoms with Crippen molar-refractivity contribution in [1.29, 1.82) is 0 Å². The number of halogens is 1. The molecule has 1 fully saturated rings. The summed E-state index contributed by atoms with van der Waals surface area (Å²) < 4.78 is 6.56. The van der Waals surface area contributed by atoms with E-state index in [2.05, 4.69) is 38.1 Å². The fraction of sp³-hybridized carbons (Fsp3) is 0.368. The maximum atomic E-state index is 12.8. The lowest BCUT2D eigenvalue weighted by atomic mass is 9.95. The third-order valence-electron chi connectivity index (χ3n) is 4.63. The highest BCUT2D eigenvalue weighted by molar-refractivity contribution is 9.10. The van der Waals surface area contributed by atoms with Gasteiger partial charge in [0.2, 0.25) is 0 Å². The first kappa shape index (κ1) is 17.9. The summed E-state index contributed by atoms with van der Waals surface area (Å²) in [5.41, 5.74) is 1.33. The Bertz CT molecular complexity index is 736. The Kier molecular flexibility index (Phi) is 5.71. The van der Waals surface area contributed by atoms with Crippen molar-refractivity contribution in [3.8, 4) is 0 Å². The molecule has 0 radical (unpaired) electrons. The van der Waals surface area contributed by atoms with E-state index in [1.807, 2.05) is 30.3 Å². The number of benzene rings is 1. The summed E-state index contributed by atoms with van der Waals surface area (Å²) in [6, 6.07) is 11.1. The zero-order chi connectivity index (χ0) is 17.8. The van der Waals surface area contributed by atoms with Crippen molar-refractivity contribution in [3.63, 3.8) is 0 Å². The van der Waals surface area contributed by atoms with E-state index in [0.29, 0.717) is 17.3 Å². The first-order chi connectivity index (χ1) is 12.1. The third-order valence-corrected chi connectivity index (χ3v) is 5.15. The number of nitrogens with one attached hydrogen (secondary N) is 1. The Morgan fingerprint density at radius 3 is 2.80 bits per heavy atom. The first-order valence-corrected chi connectivity index (χ1v) is 9.17. The van der Waals surface area contributed by atoms with Gasteiger partial charge in [0.25, 0.3) is 5.91 Å². The fourth-order valence-electron chi connectivity index (χ4n) is 3.09. The molecule has 3 rings (SSSR count). The molecule has 1 amide bonds. The zero-order valence-corrected chi connectivity index (χ0v) is 16.0. The molecule has 2 unspecified atom stereocenters. The molecule has 1 aliphatic heterocycles. The first-order valence-electron chi connectivity index (χ1n) is 8.38. The van der Waals surface area contributed by atoms with Gasteiger partial charge in [-0.15, -0.1) is 0 Å². The van der Waals surface area contributed by atoms with E-state index in [4.69, 9.17) is 4.74 Å². The van der Waals surface area contributed by atoms with E-state index < -0.39 is 0 Å². The topological polar surface area (TPSA) is 54.5 Å². The van der Waals surface area contributed by atoms with Gasteiger partial charge in [-0.05, 0) is 48.7 Å². The molecule has 6 heteroatoms. The number of methoxy groups -OCH3 is 1. The summed E-state index contributed by atoms with van der Waals surface area (Å²) in [6.45, 7) is 3.81. The highest BCUT2D eigenvalue weighted by atomic mass is 79.9. The number of hydrogen-bond donors (Lipinski definition) is 1. The van der Waals surface area contributed by atoms with Gasteiger partial charge < -0.3 is 15.0 Å². The Balaban J connectivity index is 1.80. The van der Waals surface area contributed by atoms with Gasteiger partial charge in [-0.2, -0.15) is 0 Å². The molecule has 2 atom stereocenters. The minimum absolute atomic E-state index is 0.151. The molecule has 0 bridgehead atoms. The summed E-state index contributed by atoms with van der Waals surface area (Å²) in [4.78, 5) is 19.4. The van der Waals surface area contributed by atoms with Crippen molar-refractivity contribution in [2.24, 2.45) is 5.92 Å². The number of carbonyl (C=O) groups is 1. The highest BCUT2D eigenvalue weighted by Gasteiger charge is 2.28. The van der Waals surface area contributed by atoms with E-state index >= 15 is 0 Å². The normalized spacial score (nSPS) is 20.4. The predicted octanol–water partition coefficient (Wildman–Crippen LogP) is 3.96. The Hall–Kier alpha value is -1.92. The van der Waals surface area contributed by atoms with Crippen LogP contribution in [0.5, 0.6) is 0 Å². The van der Waals surface area contributed by atoms with Gasteiger partial charge in [-0.1, -0.05) is 22.9 Å². The van der Waals surface area contributed by atoms with Crippen molar-refractivity contribution in [2.75, 3.05) is 30.4 Å². The molecule has 1 aliphatic rings. The summed E-state index contributed by atoms with van der Waals surface area (Å²) in [6.07, 6.45) is 2.90. The van der Waals surface area contributed by atoms with Crippen molar-refractivity contribution < 1.29 is 9.53 Å². The van der Waals surface area contributed by atoms with E-state index in [1.165, 1.54) is 0 Å². The molecular formula is C19H22BrN3O2. The number of nitrogens with zero attached hydrogens (tertiary/aromatic N) is 2. The SMILES string of the molecule is COC1CN(c2ncccc2C(=O)Nc2ccc(Br)cc2)CCC1C. The fourth-order valence-corrected chi connectivity index (χ4v) is 3.36. The summed E-state index contributed by atoms with van der Waals surface area (Å²) in [5.74, 6) is 1.06. The van der Waals surface area contributed by atoms with Gasteiger partial charge in [-0.3, -0.25) is 4.79 Å². The van der Waals surface area contributed by atoms with Crippen LogP contribution < -0.4 is 10.2 Å². The monoisotopic (exact) mass is 403 g/mol. The second-order valence-electron chi connectivity index (χ2n) is 6.32. The average molecular weight is 404 g/mol. The highest BCUT2D eigenvalue weighted by Crippen LogP contribution is 2.26. The van der Waals surface area contributed by atoms with Gasteiger partial charge in [0, 0.05) is 36.6 Å². The Labute approximate surface area is 156 Å². The van der Waals surface area contributed by atoms with Crippen LogP contribution in [0.1, 0.15) is 23.7 Å². The van der Waals surface area contributed by atoms with E-state index in [0.717, 1.165) is 29.7 Å². The number of amides is 1. The number of piperidine rings is 1. The van der Waals surface area contributed by atoms with Crippen LogP contribution in [-0.4, -0.2) is 37.2 Å². The number of aromatic nitrogens is 1. The average Bonchev–Trinajstić information content (AvgIpc) is 2.64. The second-order valence-corrected chi connectivity index (χ2v) is 7.24. The molecule has 2 heterocycles. The number of hydrogen-bond acceptors (Lipinski definition) is 4. The van der Waals surface area contributed by atoms with Crippen LogP contribution in [0.3, 0.4) is 0 Å². The van der Waals surface area contributed by atoms with Gasteiger partial charge in [0.05, 0.1) is 11.7 Å². The van der Waals surface area contributed by atoms with Crippen molar-refractivity contribution in [3.05, 3.63) is 52.6 Å². The largest absolute Gasteiger partial charge is 0.379 e. The Morgan fingerprint density at radius 2 is 2.08 bits per heavy atom. The zero-order valence-electron chi connectivity index (χ0n) is 14.4. The van der Waals surface area contributed by atoms with Crippen LogP contribution in [0, 0.1) is 5.92 Å². The van der Waals surface area contributed by atoms with Crippen LogP contribution in [0.15, 0.2) is 47.1 Å². The molecular weight excluding hydrogens is 382 g/mol. The van der Waals surface area contributed by atoms with Gasteiger partial charge in [-0.25, -0.2) is 4.98 Å². The van der Waals surface area contributed by atoms with Gasteiger partial charge >= 0.3 is 0 Å². The molecule has 0 aliphatic carbocycles. The molecule has 2 aromatic rings. The number of rotatable bonds is 4. The van der Waals surface area contributed by atoms with Crippen LogP contribution in [0.4, 0.5) is 11.5 Å². The quantitative estimate of drug-likeness (QED) is 0.839. The molecule has 25 heavy (non-hydrogen) atoms. The molecule has 0 saturated carbocycles. The smallest absolute Gasteiger partial charge is 0.259 e. The summed E-state index contributed by atoms with van der Waals surface area (Å²) >= 11 is 3.40. The number of anilines is 2. The standard InChI is InChI=1S/C19H22BrN3O2/c1-13-9-11-23(12-17(13)25-2)18-16(4-3-10-21-18)19(24)22-15-7-5-14(20)6-8-15/h3-8,10,13,17H,9,11-12H2,1-2H3,(H,22,24). The molecule has 1 N–H and O–H groups in total. The lowest BCUT2D eigenvalue weighted by molar-refractivity contribution is 0.0496. The van der Waals surface area contributed by atoms with Gasteiger partial charge in [0.1, 0.15) is 5.82 Å². The molecule has 0 spiro atoms. The third kappa shape index (κ3) is 4.19. The maximum absolute atomic E-state index is 12.8. The lowest BCUT2D eigenvalue weighted by Crippen LogP contribution is -2.44. The summed E-state index contributed by atoms with van der Waals surface area (Å²) in [7, 11) is 1.74. The number of ether oxygens (including phenoxy) is 1. The Morgan fingerprint density at radius 1 is 1.32 bits per heavy atom. The summed E-state index contributed by atoms with van der Waals surface area (Å²) in [5, 5.41) is 2.94. The minimum atomic E-state index is -0.155. The molecule has 5 nitrogen and oxygen atoms in total. The van der Waals surface area contributed by atoms with Crippen molar-refractivity contribution in [2.45, 2.75) is 19.4 Å². The number of pyridine rings is 1. The second kappa shape index (κ2) is 7.97. The number of carbonyl (C=O) groups excluding carboxylic acids is 1. The van der Waals surface area contributed by atoms with E-state index in [1.54, 1.807) is 19.4 Å². The molecule has 1 aromatic heterocycles. The molecule has 132 valence electrons. The van der Waals surface area contributed by atoms with Crippen molar-refractivity contribution >= 4 is 33.3 Å². The van der Waals surface area contributed by atoms with Crippen LogP contribution in [0.2, 0.25) is 0 Å². The lowest BCUT2D eigenvalue weighted by Gasteiger charge is -2.37. The van der Waals surface area contributed by atoms with Crippen LogP contribution in [-0.2, 0) is 4.74 Å². The van der Waals surface area contributed by atoms with Crippen molar-refractivity contribution in [1.82, 2.24) is 4.98 Å². The van der Waals surface area contributed by atoms with E-state index in [-0.39, 0.29) is 12.0 Å². The van der Waals surface area contributed by atoms with Gasteiger partial charge in [0.15, 0.2) is 0 Å². The van der Waals surface area contributed by atoms with E-state index in [9.17, 15) is 4.79 Å².